The van der Waals surface area contributed by atoms with Crippen LogP contribution in [-0.2, 0) is 11.2 Å². The van der Waals surface area contributed by atoms with Crippen molar-refractivity contribution < 1.29 is 9.21 Å². The predicted octanol–water partition coefficient (Wildman–Crippen LogP) is 5.88. The second kappa shape index (κ2) is 8.23. The van der Waals surface area contributed by atoms with Gasteiger partial charge in [0, 0.05) is 30.0 Å². The van der Waals surface area contributed by atoms with E-state index in [2.05, 4.69) is 5.32 Å². The maximum absolute atomic E-state index is 12.9. The van der Waals surface area contributed by atoms with E-state index < -0.39 is 0 Å². The summed E-state index contributed by atoms with van der Waals surface area (Å²) in [5.41, 5.74) is 2.87. The number of aryl methyl sites for hydroxylation is 1. The van der Waals surface area contributed by atoms with Gasteiger partial charge in [0.2, 0.25) is 5.91 Å². The van der Waals surface area contributed by atoms with Gasteiger partial charge in [-0.1, -0.05) is 60.7 Å². The minimum atomic E-state index is 0.142. The van der Waals surface area contributed by atoms with E-state index in [-0.39, 0.29) is 5.91 Å². The molecule has 1 aromatic heterocycles. The molecule has 0 spiro atoms. The van der Waals surface area contributed by atoms with E-state index in [0.29, 0.717) is 36.6 Å². The number of aromatic nitrogens is 1. The number of nitrogens with zero attached hydrogens (tertiary/aromatic N) is 1. The van der Waals surface area contributed by atoms with Gasteiger partial charge in [0.1, 0.15) is 5.69 Å². The highest BCUT2D eigenvalue weighted by Crippen LogP contribution is 2.53. The molecule has 4 fully saturated rings. The van der Waals surface area contributed by atoms with Crippen LogP contribution >= 0.6 is 0 Å². The van der Waals surface area contributed by atoms with Crippen LogP contribution in [0.25, 0.3) is 22.6 Å². The van der Waals surface area contributed by atoms with Crippen molar-refractivity contribution in [1.29, 1.82) is 0 Å². The topological polar surface area (TPSA) is 55.1 Å². The molecule has 4 nitrogen and oxygen atoms in total. The predicted molar refractivity (Wildman–Crippen MR) is 125 cm³/mol. The molecule has 0 saturated heterocycles. The number of benzene rings is 2. The molecular formula is C28H30N2O2. The van der Waals surface area contributed by atoms with Crippen molar-refractivity contribution in [3.8, 4) is 22.6 Å². The SMILES string of the molecule is O=C(CCc1nc(-c2ccccc2)c(-c2ccccc2)o1)NC1C2CC3CC(C2)CC1C3. The highest BCUT2D eigenvalue weighted by atomic mass is 16.4. The van der Waals surface area contributed by atoms with Crippen LogP contribution in [0.2, 0.25) is 0 Å². The van der Waals surface area contributed by atoms with Crippen LogP contribution in [0.1, 0.15) is 44.4 Å². The number of amides is 1. The lowest BCUT2D eigenvalue weighted by Gasteiger charge is -2.54. The van der Waals surface area contributed by atoms with E-state index in [9.17, 15) is 4.79 Å². The van der Waals surface area contributed by atoms with E-state index in [1.165, 1.54) is 32.1 Å². The number of rotatable bonds is 6. The zero-order chi connectivity index (χ0) is 21.5. The third-order valence-electron chi connectivity index (χ3n) is 7.87. The molecule has 3 aromatic rings. The van der Waals surface area contributed by atoms with Gasteiger partial charge in [-0.3, -0.25) is 4.79 Å². The molecule has 0 unspecified atom stereocenters. The Morgan fingerprint density at radius 2 is 1.44 bits per heavy atom. The van der Waals surface area contributed by atoms with E-state index in [0.717, 1.165) is 34.4 Å². The van der Waals surface area contributed by atoms with Crippen LogP contribution in [0.3, 0.4) is 0 Å². The molecule has 4 saturated carbocycles. The summed E-state index contributed by atoms with van der Waals surface area (Å²) in [7, 11) is 0. The van der Waals surface area contributed by atoms with Crippen LogP contribution in [0.4, 0.5) is 0 Å². The third kappa shape index (κ3) is 3.76. The number of hydrogen-bond donors (Lipinski definition) is 1. The second-order valence-electron chi connectivity index (χ2n) is 10.0. The molecule has 4 aliphatic rings. The molecule has 0 aliphatic heterocycles. The number of nitrogens with one attached hydrogen (secondary N) is 1. The van der Waals surface area contributed by atoms with Crippen LogP contribution in [0.15, 0.2) is 65.1 Å². The fourth-order valence-electron chi connectivity index (χ4n) is 6.69. The number of carbonyl (C=O) groups excluding carboxylic acids is 1. The van der Waals surface area contributed by atoms with Crippen molar-refractivity contribution in [1.82, 2.24) is 10.3 Å². The quantitative estimate of drug-likeness (QED) is 0.535. The molecule has 4 bridgehead atoms. The lowest BCUT2D eigenvalue weighted by molar-refractivity contribution is -0.125. The van der Waals surface area contributed by atoms with Gasteiger partial charge in [-0.2, -0.15) is 0 Å². The molecule has 4 heteroatoms. The van der Waals surface area contributed by atoms with Gasteiger partial charge in [-0.15, -0.1) is 0 Å². The zero-order valence-electron chi connectivity index (χ0n) is 18.4. The summed E-state index contributed by atoms with van der Waals surface area (Å²) < 4.78 is 6.20. The van der Waals surface area contributed by atoms with Crippen LogP contribution in [0, 0.1) is 23.7 Å². The summed E-state index contributed by atoms with van der Waals surface area (Å²) >= 11 is 0. The molecule has 7 rings (SSSR count). The van der Waals surface area contributed by atoms with Gasteiger partial charge < -0.3 is 9.73 Å². The van der Waals surface area contributed by atoms with Crippen LogP contribution in [0.5, 0.6) is 0 Å². The Morgan fingerprint density at radius 3 is 2.06 bits per heavy atom. The van der Waals surface area contributed by atoms with Crippen LogP contribution < -0.4 is 5.32 Å². The maximum Gasteiger partial charge on any atom is 0.220 e. The largest absolute Gasteiger partial charge is 0.440 e. The van der Waals surface area contributed by atoms with Crippen molar-refractivity contribution in [3.63, 3.8) is 0 Å². The molecule has 164 valence electrons. The van der Waals surface area contributed by atoms with Gasteiger partial charge in [-0.25, -0.2) is 4.98 Å². The molecular weight excluding hydrogens is 396 g/mol. The highest BCUT2D eigenvalue weighted by molar-refractivity contribution is 5.78. The summed E-state index contributed by atoms with van der Waals surface area (Å²) in [6.07, 6.45) is 7.65. The fourth-order valence-corrected chi connectivity index (χ4v) is 6.69. The summed E-state index contributed by atoms with van der Waals surface area (Å²) in [5.74, 6) is 4.79. The minimum absolute atomic E-state index is 0.142. The third-order valence-corrected chi connectivity index (χ3v) is 7.87. The van der Waals surface area contributed by atoms with Crippen molar-refractivity contribution in [2.75, 3.05) is 0 Å². The van der Waals surface area contributed by atoms with Gasteiger partial charge in [0.05, 0.1) is 0 Å². The average molecular weight is 427 g/mol. The first kappa shape index (κ1) is 19.8. The second-order valence-corrected chi connectivity index (χ2v) is 10.0. The van der Waals surface area contributed by atoms with E-state index >= 15 is 0 Å². The van der Waals surface area contributed by atoms with Gasteiger partial charge in [0.25, 0.3) is 0 Å². The lowest BCUT2D eigenvalue weighted by atomic mass is 9.54. The van der Waals surface area contributed by atoms with Crippen LogP contribution in [-0.4, -0.2) is 16.9 Å². The van der Waals surface area contributed by atoms with E-state index in [1.54, 1.807) is 0 Å². The molecule has 1 heterocycles. The summed E-state index contributed by atoms with van der Waals surface area (Å²) in [5, 5.41) is 3.41. The maximum atomic E-state index is 12.9. The fraction of sp³-hybridized carbons (Fsp3) is 0.429. The Kier molecular flexibility index (Phi) is 5.09. The Bertz CT molecular complexity index is 1000. The first-order valence-corrected chi connectivity index (χ1v) is 12.1. The number of carbonyl (C=O) groups is 1. The zero-order valence-corrected chi connectivity index (χ0v) is 18.4. The summed E-state index contributed by atoms with van der Waals surface area (Å²) in [6, 6.07) is 20.6. The normalized spacial score (nSPS) is 28.1. The first-order valence-electron chi connectivity index (χ1n) is 12.1. The number of oxazole rings is 1. The molecule has 2 aromatic carbocycles. The van der Waals surface area contributed by atoms with Crippen molar-refractivity contribution in [3.05, 3.63) is 66.6 Å². The summed E-state index contributed by atoms with van der Waals surface area (Å²) in [4.78, 5) is 17.7. The van der Waals surface area contributed by atoms with Crippen molar-refractivity contribution in [2.45, 2.75) is 51.0 Å². The standard InChI is InChI=1S/C28H30N2O2/c31-24(29-26-22-14-18-13-19(16-22)17-23(26)15-18)11-12-25-30-27(20-7-3-1-4-8-20)28(32-25)21-9-5-2-6-10-21/h1-10,18-19,22-23,26H,11-17H2,(H,29,31). The minimum Gasteiger partial charge on any atom is -0.440 e. The molecule has 32 heavy (non-hydrogen) atoms. The van der Waals surface area contributed by atoms with Gasteiger partial charge >= 0.3 is 0 Å². The summed E-state index contributed by atoms with van der Waals surface area (Å²) in [6.45, 7) is 0. The Balaban J connectivity index is 1.16. The van der Waals surface area contributed by atoms with Crippen molar-refractivity contribution >= 4 is 5.91 Å². The smallest absolute Gasteiger partial charge is 0.220 e. The van der Waals surface area contributed by atoms with Gasteiger partial charge in [-0.05, 0) is 55.8 Å². The Morgan fingerprint density at radius 1 is 0.844 bits per heavy atom. The Labute approximate surface area is 189 Å². The first-order chi connectivity index (χ1) is 15.7. The van der Waals surface area contributed by atoms with Crippen molar-refractivity contribution in [2.24, 2.45) is 23.7 Å². The molecule has 0 atom stereocenters. The van der Waals surface area contributed by atoms with E-state index in [4.69, 9.17) is 9.40 Å². The molecule has 1 N–H and O–H groups in total. The van der Waals surface area contributed by atoms with Gasteiger partial charge in [0.15, 0.2) is 11.7 Å². The lowest BCUT2D eigenvalue weighted by Crippen LogP contribution is -2.55. The molecule has 1 amide bonds. The molecule has 4 aliphatic carbocycles. The average Bonchev–Trinajstić information content (AvgIpc) is 3.25. The highest BCUT2D eigenvalue weighted by Gasteiger charge is 2.48. The molecule has 0 radical (unpaired) electrons. The Hall–Kier alpha value is -2.88. The monoisotopic (exact) mass is 426 g/mol. The van der Waals surface area contributed by atoms with E-state index in [1.807, 2.05) is 60.7 Å². The number of hydrogen-bond acceptors (Lipinski definition) is 3.